The van der Waals surface area contributed by atoms with Gasteiger partial charge < -0.3 is 24.8 Å². The van der Waals surface area contributed by atoms with Gasteiger partial charge in [0.1, 0.15) is 0 Å². The molecule has 1 aromatic rings. The van der Waals surface area contributed by atoms with E-state index < -0.39 is 17.4 Å². The predicted octanol–water partition coefficient (Wildman–Crippen LogP) is -3.45. The predicted molar refractivity (Wildman–Crippen MR) is 59.5 cm³/mol. The molecule has 0 aliphatic carbocycles. The van der Waals surface area contributed by atoms with Crippen molar-refractivity contribution in [3.8, 4) is 0 Å². The first kappa shape index (κ1) is 18.4. The average Bonchev–Trinajstić information content (AvgIpc) is 2.27. The molecule has 18 heavy (non-hydrogen) atoms. The first-order valence-electron chi connectivity index (χ1n) is 5.87. The van der Waals surface area contributed by atoms with Crippen molar-refractivity contribution in [3.63, 3.8) is 0 Å². The second-order valence-electron chi connectivity index (χ2n) is 5.01. The van der Waals surface area contributed by atoms with Gasteiger partial charge in [0.25, 0.3) is 0 Å². The van der Waals surface area contributed by atoms with E-state index in [1.165, 1.54) is 0 Å². The zero-order chi connectivity index (χ0) is 11.8. The van der Waals surface area contributed by atoms with Crippen LogP contribution in [0.1, 0.15) is 38.3 Å². The van der Waals surface area contributed by atoms with Crippen LogP contribution < -0.4 is 24.8 Å². The molecule has 6 heteroatoms. The molecule has 0 bridgehead atoms. The summed E-state index contributed by atoms with van der Waals surface area (Å²) in [5, 5.41) is 0. The van der Waals surface area contributed by atoms with Crippen molar-refractivity contribution in [3.05, 3.63) is 30.1 Å². The molecule has 0 aromatic carbocycles. The summed E-state index contributed by atoms with van der Waals surface area (Å²) in [6.07, 6.45) is 3.55. The zero-order valence-corrected chi connectivity index (χ0v) is 13.6. The molecular weight excluding hydrogens is 309 g/mol. The smallest absolute Gasteiger partial charge is 1.00 e. The van der Waals surface area contributed by atoms with E-state index in [4.69, 9.17) is 0 Å². The third-order valence-electron chi connectivity index (χ3n) is 3.83. The summed E-state index contributed by atoms with van der Waals surface area (Å²) in [4.78, 5) is 4.38. The van der Waals surface area contributed by atoms with E-state index in [2.05, 4.69) is 4.98 Å². The van der Waals surface area contributed by atoms with Gasteiger partial charge >= 0.3 is 101 Å². The van der Waals surface area contributed by atoms with Crippen LogP contribution in [0, 0.1) is 0 Å². The summed E-state index contributed by atoms with van der Waals surface area (Å²) >= 11 is -3.52. The zero-order valence-electron chi connectivity index (χ0n) is 10.6. The molecule has 1 saturated heterocycles. The van der Waals surface area contributed by atoms with Crippen molar-refractivity contribution in [2.75, 3.05) is 0 Å². The molecule has 0 spiro atoms. The number of hydrogen-bond donors (Lipinski definition) is 2. The number of rotatable bonds is 1. The molecule has 2 N–H and O–H groups in total. The first-order valence-corrected chi connectivity index (χ1v) is 9.07. The molecular formula is C12H19Cl2NO2Ti. The van der Waals surface area contributed by atoms with Crippen LogP contribution >= 0.6 is 0 Å². The second-order valence-corrected chi connectivity index (χ2v) is 10.5. The first-order chi connectivity index (χ1) is 7.51. The van der Waals surface area contributed by atoms with E-state index in [-0.39, 0.29) is 33.3 Å². The fraction of sp³-hybridized carbons (Fsp3) is 0.583. The SMILES string of the molecule is C[CH]1CC(c2ccccn2)C[CH](C)[Ti+2]1([OH])[OH].[Cl-].[Cl-]. The molecule has 0 amide bonds. The Labute approximate surface area is 125 Å². The molecule has 1 fully saturated rings. The number of halogens is 2. The van der Waals surface area contributed by atoms with Crippen LogP contribution in [0.15, 0.2) is 24.4 Å². The Morgan fingerprint density at radius 2 is 1.67 bits per heavy atom. The van der Waals surface area contributed by atoms with Gasteiger partial charge in [0.2, 0.25) is 0 Å². The second kappa shape index (κ2) is 7.23. The molecule has 0 saturated carbocycles. The Morgan fingerprint density at radius 1 is 1.11 bits per heavy atom. The number of pyridine rings is 1. The van der Waals surface area contributed by atoms with Crippen LogP contribution in [0.2, 0.25) is 8.45 Å². The van der Waals surface area contributed by atoms with Crippen molar-refractivity contribution < 1.29 is 49.6 Å². The monoisotopic (exact) mass is 327 g/mol. The molecule has 1 aromatic heterocycles. The third kappa shape index (κ3) is 3.69. The topological polar surface area (TPSA) is 53.4 Å². The fourth-order valence-corrected chi connectivity index (χ4v) is 6.13. The van der Waals surface area contributed by atoms with Gasteiger partial charge in [-0.1, -0.05) is 0 Å². The fourth-order valence-electron chi connectivity index (χ4n) is 2.64. The maximum Gasteiger partial charge on any atom is -1.00 e. The molecule has 2 rings (SSSR count). The van der Waals surface area contributed by atoms with Gasteiger partial charge in [-0.05, 0) is 0 Å². The van der Waals surface area contributed by atoms with E-state index >= 15 is 0 Å². The summed E-state index contributed by atoms with van der Waals surface area (Å²) in [5.41, 5.74) is 1.10. The molecule has 1 aliphatic rings. The molecule has 0 radical (unpaired) electrons. The largest absolute Gasteiger partial charge is 1.00 e. The van der Waals surface area contributed by atoms with E-state index in [1.54, 1.807) is 0 Å². The van der Waals surface area contributed by atoms with E-state index in [0.29, 0.717) is 5.92 Å². The van der Waals surface area contributed by atoms with Crippen molar-refractivity contribution in [2.45, 2.75) is 41.1 Å². The molecule has 2 unspecified atom stereocenters. The summed E-state index contributed by atoms with van der Waals surface area (Å²) < 4.78 is 20.4. The molecule has 102 valence electrons. The molecule has 2 atom stereocenters. The minimum Gasteiger partial charge on any atom is -1.00 e. The maximum atomic E-state index is 10.1. The van der Waals surface area contributed by atoms with Gasteiger partial charge in [0.05, 0.1) is 0 Å². The van der Waals surface area contributed by atoms with E-state index in [0.717, 1.165) is 18.5 Å². The number of hydrogen-bond acceptors (Lipinski definition) is 3. The quantitative estimate of drug-likeness (QED) is 0.528. The third-order valence-corrected chi connectivity index (χ3v) is 9.10. The van der Waals surface area contributed by atoms with E-state index in [9.17, 15) is 7.38 Å². The molecule has 1 aliphatic heterocycles. The van der Waals surface area contributed by atoms with Gasteiger partial charge in [0, 0.05) is 0 Å². The Kier molecular flexibility index (Phi) is 7.37. The summed E-state index contributed by atoms with van der Waals surface area (Å²) in [6, 6.07) is 5.96. The molecule has 3 nitrogen and oxygen atoms in total. The van der Waals surface area contributed by atoms with Gasteiger partial charge in [-0.3, -0.25) is 0 Å². The van der Waals surface area contributed by atoms with Crippen molar-refractivity contribution >= 4 is 0 Å². The maximum absolute atomic E-state index is 10.1. The van der Waals surface area contributed by atoms with Crippen molar-refractivity contribution in [2.24, 2.45) is 0 Å². The van der Waals surface area contributed by atoms with Crippen LogP contribution in [0.5, 0.6) is 0 Å². The van der Waals surface area contributed by atoms with Crippen molar-refractivity contribution in [1.82, 2.24) is 4.98 Å². The number of nitrogens with zero attached hydrogens (tertiary/aromatic N) is 1. The van der Waals surface area contributed by atoms with Gasteiger partial charge in [-0.15, -0.1) is 0 Å². The minimum absolute atomic E-state index is 0. The van der Waals surface area contributed by atoms with Crippen molar-refractivity contribution in [1.29, 1.82) is 0 Å². The Hall–Kier alpha value is 0.364. The Morgan fingerprint density at radius 3 is 2.11 bits per heavy atom. The number of aromatic nitrogens is 1. The van der Waals surface area contributed by atoms with Crippen LogP contribution in [0.3, 0.4) is 0 Å². The molecule has 2 heterocycles. The Balaban J connectivity index is 0.00000144. The normalized spacial score (nSPS) is 28.1. The minimum atomic E-state index is -3.52. The summed E-state index contributed by atoms with van der Waals surface area (Å²) in [6.45, 7) is 3.96. The van der Waals surface area contributed by atoms with Crippen LogP contribution in [-0.2, 0) is 17.4 Å². The van der Waals surface area contributed by atoms with E-state index in [1.807, 2.05) is 38.2 Å². The Bertz CT molecular complexity index is 350. The van der Waals surface area contributed by atoms with Gasteiger partial charge in [-0.25, -0.2) is 0 Å². The van der Waals surface area contributed by atoms with Crippen LogP contribution in [0.4, 0.5) is 0 Å². The average molecular weight is 328 g/mol. The summed E-state index contributed by atoms with van der Waals surface area (Å²) in [5.74, 6) is 0.393. The summed E-state index contributed by atoms with van der Waals surface area (Å²) in [7, 11) is 0. The standard InChI is InChI=1S/C12H17N.2ClH.2H2O.Ti/c1-3-7-11(8-4-2)12-9-5-6-10-13-12;;;;;/h3-6,9-11H,7-8H2,1-2H3;2*1H;2*1H2;/q;;;;;+4/p-4. The van der Waals surface area contributed by atoms with Crippen LogP contribution in [0.25, 0.3) is 0 Å². The van der Waals surface area contributed by atoms with Crippen LogP contribution in [-0.4, -0.2) is 12.4 Å². The van der Waals surface area contributed by atoms with Gasteiger partial charge in [0.15, 0.2) is 0 Å². The van der Waals surface area contributed by atoms with Gasteiger partial charge in [-0.2, -0.15) is 0 Å².